The van der Waals surface area contributed by atoms with E-state index in [4.69, 9.17) is 0 Å². The van der Waals surface area contributed by atoms with E-state index in [2.05, 4.69) is 15.5 Å². The van der Waals surface area contributed by atoms with E-state index in [0.717, 1.165) is 4.90 Å². The van der Waals surface area contributed by atoms with Gasteiger partial charge in [-0.3, -0.25) is 24.6 Å². The van der Waals surface area contributed by atoms with Gasteiger partial charge in [0.1, 0.15) is 12.1 Å². The van der Waals surface area contributed by atoms with Gasteiger partial charge in [0, 0.05) is 12.8 Å². The van der Waals surface area contributed by atoms with Crippen molar-refractivity contribution in [1.29, 1.82) is 0 Å². The van der Waals surface area contributed by atoms with Gasteiger partial charge in [0.15, 0.2) is 0 Å². The van der Waals surface area contributed by atoms with E-state index >= 15 is 0 Å². The highest BCUT2D eigenvalue weighted by Crippen LogP contribution is 2.12. The molecule has 0 atom stereocenters. The maximum Gasteiger partial charge on any atom is 0.246 e. The van der Waals surface area contributed by atoms with E-state index in [1.165, 1.54) is 16.8 Å². The molecule has 1 N–H and O–H groups in total. The highest BCUT2D eigenvalue weighted by molar-refractivity contribution is 7.13. The number of amides is 3. The van der Waals surface area contributed by atoms with Gasteiger partial charge in [-0.15, -0.1) is 10.2 Å². The van der Waals surface area contributed by atoms with Crippen LogP contribution in [0.5, 0.6) is 0 Å². The minimum absolute atomic E-state index is 0.185. The smallest absolute Gasteiger partial charge is 0.246 e. The Balaban J connectivity index is 1.92. The van der Waals surface area contributed by atoms with Gasteiger partial charge >= 0.3 is 0 Å². The molecule has 1 saturated heterocycles. The van der Waals surface area contributed by atoms with Gasteiger partial charge in [-0.1, -0.05) is 11.3 Å². The number of carbonyl (C=O) groups excluding carboxylic acids is 3. The summed E-state index contributed by atoms with van der Waals surface area (Å²) in [6, 6.07) is 0. The summed E-state index contributed by atoms with van der Waals surface area (Å²) in [6.07, 6.45) is 0.371. The summed E-state index contributed by atoms with van der Waals surface area (Å²) < 4.78 is 0. The number of rotatable bonds is 3. The zero-order valence-electron chi connectivity index (χ0n) is 8.17. The molecule has 0 saturated carbocycles. The molecule has 0 radical (unpaired) electrons. The maximum absolute atomic E-state index is 11.4. The average molecular weight is 240 g/mol. The molecule has 1 aromatic rings. The molecular formula is C8H8N4O3S. The Morgan fingerprint density at radius 3 is 2.69 bits per heavy atom. The van der Waals surface area contributed by atoms with Crippen LogP contribution in [0.25, 0.3) is 0 Å². The van der Waals surface area contributed by atoms with Gasteiger partial charge in [-0.05, 0) is 0 Å². The molecule has 16 heavy (non-hydrogen) atoms. The Morgan fingerprint density at radius 1 is 1.44 bits per heavy atom. The van der Waals surface area contributed by atoms with Gasteiger partial charge in [0.2, 0.25) is 22.9 Å². The number of imide groups is 1. The van der Waals surface area contributed by atoms with E-state index in [-0.39, 0.29) is 31.2 Å². The molecular weight excluding hydrogens is 232 g/mol. The topological polar surface area (TPSA) is 92.3 Å². The van der Waals surface area contributed by atoms with Crippen LogP contribution in [0.3, 0.4) is 0 Å². The second-order valence-electron chi connectivity index (χ2n) is 3.17. The van der Waals surface area contributed by atoms with Crippen LogP contribution < -0.4 is 5.32 Å². The highest BCUT2D eigenvalue weighted by atomic mass is 32.1. The maximum atomic E-state index is 11.4. The zero-order chi connectivity index (χ0) is 11.5. The fourth-order valence-electron chi connectivity index (χ4n) is 1.33. The number of anilines is 1. The third-order valence-corrected chi connectivity index (χ3v) is 2.67. The molecule has 2 rings (SSSR count). The lowest BCUT2D eigenvalue weighted by Crippen LogP contribution is -2.36. The van der Waals surface area contributed by atoms with Crippen LogP contribution in [0.2, 0.25) is 0 Å². The van der Waals surface area contributed by atoms with Crippen molar-refractivity contribution >= 4 is 34.2 Å². The van der Waals surface area contributed by atoms with E-state index in [9.17, 15) is 14.4 Å². The Morgan fingerprint density at radius 2 is 2.12 bits per heavy atom. The van der Waals surface area contributed by atoms with Crippen LogP contribution >= 0.6 is 11.3 Å². The number of aromatic nitrogens is 2. The zero-order valence-corrected chi connectivity index (χ0v) is 8.99. The van der Waals surface area contributed by atoms with Crippen LogP contribution in [-0.2, 0) is 14.4 Å². The number of hydrogen-bond acceptors (Lipinski definition) is 6. The van der Waals surface area contributed by atoms with Gasteiger partial charge in [-0.25, -0.2) is 0 Å². The Hall–Kier alpha value is -1.83. The van der Waals surface area contributed by atoms with Crippen molar-refractivity contribution in [1.82, 2.24) is 15.1 Å². The molecule has 8 heteroatoms. The lowest BCUT2D eigenvalue weighted by Gasteiger charge is -2.11. The van der Waals surface area contributed by atoms with Gasteiger partial charge in [0.05, 0.1) is 0 Å². The summed E-state index contributed by atoms with van der Waals surface area (Å²) in [5.74, 6) is -1.06. The lowest BCUT2D eigenvalue weighted by atomic mass is 10.4. The first kappa shape index (κ1) is 10.7. The second-order valence-corrected chi connectivity index (χ2v) is 4.00. The summed E-state index contributed by atoms with van der Waals surface area (Å²) in [6.45, 7) is -0.253. The normalized spacial score (nSPS) is 15.6. The van der Waals surface area contributed by atoms with Crippen LogP contribution in [0, 0.1) is 0 Å². The number of carbonyl (C=O) groups is 3. The molecule has 84 valence electrons. The number of nitrogens with one attached hydrogen (secondary N) is 1. The molecule has 2 heterocycles. The third kappa shape index (κ3) is 2.22. The molecule has 0 unspecified atom stereocenters. The number of likely N-dealkylation sites (tertiary alicyclic amines) is 1. The molecule has 0 aromatic carbocycles. The number of hydrogen-bond donors (Lipinski definition) is 1. The standard InChI is InChI=1S/C8H8N4O3S/c13-5(10-8-11-9-4-16-8)3-12-6(14)1-2-7(12)15/h4H,1-3H2,(H,10,11,13). The fourth-order valence-corrected chi connectivity index (χ4v) is 1.79. The van der Waals surface area contributed by atoms with Crippen LogP contribution in [0.4, 0.5) is 5.13 Å². The quantitative estimate of drug-likeness (QED) is 0.727. The first-order valence-electron chi connectivity index (χ1n) is 4.56. The first-order chi connectivity index (χ1) is 7.66. The van der Waals surface area contributed by atoms with Crippen molar-refractivity contribution in [3.8, 4) is 0 Å². The summed E-state index contributed by atoms with van der Waals surface area (Å²) >= 11 is 1.17. The molecule has 1 aliphatic rings. The van der Waals surface area contributed by atoms with E-state index in [0.29, 0.717) is 5.13 Å². The molecule has 0 bridgehead atoms. The fraction of sp³-hybridized carbons (Fsp3) is 0.375. The van der Waals surface area contributed by atoms with Gasteiger partial charge < -0.3 is 0 Å². The van der Waals surface area contributed by atoms with Crippen LogP contribution in [0.15, 0.2) is 5.51 Å². The highest BCUT2D eigenvalue weighted by Gasteiger charge is 2.30. The Labute approximate surface area is 94.5 Å². The van der Waals surface area contributed by atoms with E-state index in [1.54, 1.807) is 0 Å². The van der Waals surface area contributed by atoms with Crippen LogP contribution in [-0.4, -0.2) is 39.4 Å². The minimum Gasteiger partial charge on any atom is -0.299 e. The Kier molecular flexibility index (Phi) is 2.91. The van der Waals surface area contributed by atoms with Gasteiger partial charge in [-0.2, -0.15) is 0 Å². The van der Waals surface area contributed by atoms with Crippen molar-refractivity contribution in [3.05, 3.63) is 5.51 Å². The summed E-state index contributed by atoms with van der Waals surface area (Å²) in [4.78, 5) is 34.8. The van der Waals surface area contributed by atoms with Crippen LogP contribution in [0.1, 0.15) is 12.8 Å². The average Bonchev–Trinajstić information content (AvgIpc) is 2.83. The molecule has 3 amide bonds. The van der Waals surface area contributed by atoms with Crippen molar-refractivity contribution in [2.24, 2.45) is 0 Å². The van der Waals surface area contributed by atoms with E-state index in [1.807, 2.05) is 0 Å². The summed E-state index contributed by atoms with van der Waals surface area (Å²) in [7, 11) is 0. The predicted molar refractivity (Wildman–Crippen MR) is 54.5 cm³/mol. The van der Waals surface area contributed by atoms with Gasteiger partial charge in [0.25, 0.3) is 0 Å². The third-order valence-electron chi connectivity index (χ3n) is 2.06. The monoisotopic (exact) mass is 240 g/mol. The van der Waals surface area contributed by atoms with Crippen molar-refractivity contribution in [2.75, 3.05) is 11.9 Å². The molecule has 7 nitrogen and oxygen atoms in total. The first-order valence-corrected chi connectivity index (χ1v) is 5.44. The van der Waals surface area contributed by atoms with Crippen molar-refractivity contribution < 1.29 is 14.4 Å². The number of nitrogens with zero attached hydrogens (tertiary/aromatic N) is 3. The van der Waals surface area contributed by atoms with Crippen molar-refractivity contribution in [3.63, 3.8) is 0 Å². The summed E-state index contributed by atoms with van der Waals surface area (Å²) in [5.41, 5.74) is 1.47. The predicted octanol–water partition coefficient (Wildman–Crippen LogP) is -0.374. The molecule has 0 spiro atoms. The molecule has 1 aliphatic heterocycles. The summed E-state index contributed by atoms with van der Waals surface area (Å²) in [5, 5.41) is 9.96. The molecule has 0 aliphatic carbocycles. The minimum atomic E-state index is -0.444. The Bertz CT molecular complexity index is 415. The van der Waals surface area contributed by atoms with Crippen molar-refractivity contribution in [2.45, 2.75) is 12.8 Å². The molecule has 1 fully saturated rings. The van der Waals surface area contributed by atoms with E-state index < -0.39 is 5.91 Å². The SMILES string of the molecule is O=C(CN1C(=O)CCC1=O)Nc1nncs1. The second kappa shape index (κ2) is 4.35. The molecule has 1 aromatic heterocycles. The lowest BCUT2D eigenvalue weighted by molar-refractivity contribution is -0.141. The largest absolute Gasteiger partial charge is 0.299 e.